The highest BCUT2D eigenvalue weighted by molar-refractivity contribution is 7.19. The van der Waals surface area contributed by atoms with Gasteiger partial charge >= 0.3 is 0 Å². The van der Waals surface area contributed by atoms with Gasteiger partial charge in [-0.2, -0.15) is 5.10 Å². The minimum Gasteiger partial charge on any atom is -0.497 e. The first-order valence-corrected chi connectivity index (χ1v) is 11.3. The van der Waals surface area contributed by atoms with Crippen molar-refractivity contribution < 1.29 is 14.3 Å². The Morgan fingerprint density at radius 2 is 1.82 bits per heavy atom. The zero-order chi connectivity index (χ0) is 24.1. The summed E-state index contributed by atoms with van der Waals surface area (Å²) in [5.41, 5.74) is 2.88. The van der Waals surface area contributed by atoms with Gasteiger partial charge in [-0.3, -0.25) is 19.6 Å². The Balaban J connectivity index is 1.58. The number of thiazole rings is 1. The maximum absolute atomic E-state index is 12.8. The van der Waals surface area contributed by atoms with E-state index in [1.165, 1.54) is 11.3 Å². The van der Waals surface area contributed by atoms with Crippen molar-refractivity contribution in [1.82, 2.24) is 14.8 Å². The van der Waals surface area contributed by atoms with Crippen LogP contribution >= 0.6 is 11.3 Å². The lowest BCUT2D eigenvalue weighted by atomic mass is 10.2. The third kappa shape index (κ3) is 5.05. The van der Waals surface area contributed by atoms with E-state index in [9.17, 15) is 9.59 Å². The minimum atomic E-state index is -0.339. The molecule has 4 rings (SSSR count). The Morgan fingerprint density at radius 1 is 1.09 bits per heavy atom. The Bertz CT molecular complexity index is 1330. The molecule has 0 radical (unpaired) electrons. The van der Waals surface area contributed by atoms with E-state index >= 15 is 0 Å². The van der Waals surface area contributed by atoms with Crippen molar-refractivity contribution >= 4 is 34.0 Å². The molecule has 2 N–H and O–H groups in total. The first kappa shape index (κ1) is 22.9. The number of rotatable bonds is 8. The Hall–Kier alpha value is -4.24. The maximum atomic E-state index is 12.8. The molecule has 0 bridgehead atoms. The smallest absolute Gasteiger partial charge is 0.276 e. The van der Waals surface area contributed by atoms with Gasteiger partial charge in [0.15, 0.2) is 10.8 Å². The number of benzene rings is 2. The van der Waals surface area contributed by atoms with Crippen molar-refractivity contribution in [2.75, 3.05) is 17.7 Å². The number of hydrogen-bond donors (Lipinski definition) is 2. The molecule has 9 heteroatoms. The summed E-state index contributed by atoms with van der Waals surface area (Å²) >= 11 is 1.32. The van der Waals surface area contributed by atoms with Crippen LogP contribution in [0.4, 0.5) is 10.8 Å². The van der Waals surface area contributed by atoms with Gasteiger partial charge in [-0.15, -0.1) is 6.58 Å². The number of amides is 2. The minimum absolute atomic E-state index is 0.236. The van der Waals surface area contributed by atoms with Crippen LogP contribution in [0.15, 0.2) is 73.3 Å². The summed E-state index contributed by atoms with van der Waals surface area (Å²) in [7, 11) is 1.58. The summed E-state index contributed by atoms with van der Waals surface area (Å²) in [6.45, 7) is 6.05. The first-order valence-electron chi connectivity index (χ1n) is 10.5. The molecule has 0 saturated heterocycles. The predicted octanol–water partition coefficient (Wildman–Crippen LogP) is 5.01. The molecule has 2 heterocycles. The van der Waals surface area contributed by atoms with Gasteiger partial charge < -0.3 is 10.1 Å². The number of ether oxygens (including phenoxy) is 1. The fraction of sp³-hybridized carbons (Fsp3) is 0.120. The molecule has 34 heavy (non-hydrogen) atoms. The molecular weight excluding hydrogens is 450 g/mol. The highest BCUT2D eigenvalue weighted by Gasteiger charge is 2.20. The summed E-state index contributed by atoms with van der Waals surface area (Å²) in [6, 6.07) is 17.7. The number of carbonyl (C=O) groups excluding carboxylic acids is 2. The van der Waals surface area contributed by atoms with Gasteiger partial charge in [0.05, 0.1) is 29.9 Å². The second kappa shape index (κ2) is 10.1. The largest absolute Gasteiger partial charge is 0.497 e. The number of methoxy groups -OCH3 is 1. The van der Waals surface area contributed by atoms with Crippen LogP contribution in [0.2, 0.25) is 0 Å². The van der Waals surface area contributed by atoms with Crippen molar-refractivity contribution in [2.45, 2.75) is 13.5 Å². The van der Waals surface area contributed by atoms with E-state index < -0.39 is 0 Å². The molecule has 4 aromatic rings. The molecule has 0 atom stereocenters. The molecule has 0 fully saturated rings. The predicted molar refractivity (Wildman–Crippen MR) is 134 cm³/mol. The van der Waals surface area contributed by atoms with Gasteiger partial charge in [-0.05, 0) is 49.4 Å². The highest BCUT2D eigenvalue weighted by atomic mass is 32.1. The topological polar surface area (TPSA) is 98.1 Å². The number of aromatic nitrogens is 3. The number of hydrogen-bond acceptors (Lipinski definition) is 6. The molecule has 0 saturated carbocycles. The van der Waals surface area contributed by atoms with Gasteiger partial charge in [-0.1, -0.05) is 35.6 Å². The molecule has 0 aliphatic rings. The Kier molecular flexibility index (Phi) is 6.84. The number of nitrogens with one attached hydrogen (secondary N) is 2. The highest BCUT2D eigenvalue weighted by Crippen LogP contribution is 2.33. The van der Waals surface area contributed by atoms with Crippen LogP contribution in [0.3, 0.4) is 0 Å². The summed E-state index contributed by atoms with van der Waals surface area (Å²) in [4.78, 5) is 30.7. The number of allylic oxidation sites excluding steroid dienone is 1. The van der Waals surface area contributed by atoms with Gasteiger partial charge in [0.25, 0.3) is 11.8 Å². The Labute approximate surface area is 200 Å². The van der Waals surface area contributed by atoms with E-state index in [-0.39, 0.29) is 17.5 Å². The van der Waals surface area contributed by atoms with Crippen LogP contribution in [0.5, 0.6) is 5.75 Å². The zero-order valence-electron chi connectivity index (χ0n) is 18.7. The lowest BCUT2D eigenvalue weighted by molar-refractivity contribution is 0.101. The summed E-state index contributed by atoms with van der Waals surface area (Å²) in [6.07, 6.45) is 1.70. The quantitative estimate of drug-likeness (QED) is 0.351. The molecule has 0 aliphatic heterocycles. The molecule has 2 amide bonds. The molecule has 0 spiro atoms. The fourth-order valence-corrected chi connectivity index (χ4v) is 4.27. The normalized spacial score (nSPS) is 10.5. The summed E-state index contributed by atoms with van der Waals surface area (Å²) in [5, 5.41) is 10.6. The SMILES string of the molecule is C=CCn1nc(C(=O)Nc2ccc(OC)cc2)cc1-c1sc(NC(=O)c2ccccc2)nc1C. The van der Waals surface area contributed by atoms with Crippen molar-refractivity contribution in [3.8, 4) is 16.3 Å². The molecule has 0 aliphatic carbocycles. The van der Waals surface area contributed by atoms with Crippen LogP contribution in [0.25, 0.3) is 10.6 Å². The molecule has 0 unspecified atom stereocenters. The third-order valence-electron chi connectivity index (χ3n) is 4.95. The number of aryl methyl sites for hydroxylation is 1. The molecule has 172 valence electrons. The average molecular weight is 474 g/mol. The monoisotopic (exact) mass is 473 g/mol. The summed E-state index contributed by atoms with van der Waals surface area (Å²) < 4.78 is 6.84. The Morgan fingerprint density at radius 3 is 2.50 bits per heavy atom. The number of nitrogens with zero attached hydrogens (tertiary/aromatic N) is 3. The lowest BCUT2D eigenvalue weighted by Gasteiger charge is -2.04. The first-order chi connectivity index (χ1) is 16.5. The van der Waals surface area contributed by atoms with Crippen LogP contribution < -0.4 is 15.4 Å². The average Bonchev–Trinajstić information content (AvgIpc) is 3.43. The van der Waals surface area contributed by atoms with Crippen LogP contribution in [-0.2, 0) is 6.54 Å². The van der Waals surface area contributed by atoms with Crippen LogP contribution in [-0.4, -0.2) is 33.7 Å². The molecule has 8 nitrogen and oxygen atoms in total. The van der Waals surface area contributed by atoms with Gasteiger partial charge in [-0.25, -0.2) is 4.98 Å². The number of anilines is 2. The molecular formula is C25H23N5O3S. The van der Waals surface area contributed by atoms with E-state index in [0.717, 1.165) is 16.3 Å². The lowest BCUT2D eigenvalue weighted by Crippen LogP contribution is -2.13. The van der Waals surface area contributed by atoms with E-state index in [1.54, 1.807) is 72.5 Å². The van der Waals surface area contributed by atoms with E-state index in [4.69, 9.17) is 4.74 Å². The second-order valence-corrected chi connectivity index (χ2v) is 8.32. The summed E-state index contributed by atoms with van der Waals surface area (Å²) in [5.74, 6) is 0.125. The van der Waals surface area contributed by atoms with Crippen molar-refractivity contribution in [1.29, 1.82) is 0 Å². The van der Waals surface area contributed by atoms with Crippen LogP contribution in [0.1, 0.15) is 26.5 Å². The van der Waals surface area contributed by atoms with E-state index in [2.05, 4.69) is 27.3 Å². The van der Waals surface area contributed by atoms with E-state index in [1.807, 2.05) is 13.0 Å². The van der Waals surface area contributed by atoms with Crippen LogP contribution in [0, 0.1) is 6.92 Å². The fourth-order valence-electron chi connectivity index (χ4n) is 3.29. The standard InChI is InChI=1S/C25H23N5O3S/c1-4-14-30-21(15-20(29-30)24(32)27-18-10-12-19(33-3)13-11-18)22-16(2)26-25(34-22)28-23(31)17-8-6-5-7-9-17/h4-13,15H,1,14H2,2-3H3,(H,27,32)(H,26,28,31). The van der Waals surface area contributed by atoms with Crippen molar-refractivity contribution in [3.05, 3.63) is 90.3 Å². The van der Waals surface area contributed by atoms with Gasteiger partial charge in [0, 0.05) is 11.3 Å². The maximum Gasteiger partial charge on any atom is 0.276 e. The van der Waals surface area contributed by atoms with Crippen molar-refractivity contribution in [3.63, 3.8) is 0 Å². The second-order valence-electron chi connectivity index (χ2n) is 7.32. The van der Waals surface area contributed by atoms with Crippen molar-refractivity contribution in [2.24, 2.45) is 0 Å². The zero-order valence-corrected chi connectivity index (χ0v) is 19.6. The molecule has 2 aromatic heterocycles. The number of carbonyl (C=O) groups is 2. The third-order valence-corrected chi connectivity index (χ3v) is 6.04. The van der Waals surface area contributed by atoms with E-state index in [0.29, 0.717) is 28.7 Å². The molecule has 2 aromatic carbocycles. The van der Waals surface area contributed by atoms with Gasteiger partial charge in [0.1, 0.15) is 5.75 Å². The van der Waals surface area contributed by atoms with Gasteiger partial charge in [0.2, 0.25) is 0 Å².